The zero-order valence-corrected chi connectivity index (χ0v) is 8.73. The van der Waals surface area contributed by atoms with Crippen molar-refractivity contribution >= 4 is 0 Å². The van der Waals surface area contributed by atoms with E-state index in [1.165, 1.54) is 0 Å². The highest BCUT2D eigenvalue weighted by atomic mass is 16.5. The maximum atomic E-state index is 5.79. The Kier molecular flexibility index (Phi) is 2.34. The predicted molar refractivity (Wildman–Crippen MR) is 52.5 cm³/mol. The van der Waals surface area contributed by atoms with Crippen molar-refractivity contribution < 1.29 is 4.74 Å². The molecule has 0 amide bonds. The Labute approximate surface area is 80.2 Å². The van der Waals surface area contributed by atoms with Crippen LogP contribution < -0.4 is 5.73 Å². The molecule has 0 saturated carbocycles. The SMILES string of the molecule is CC1[C@@H]2[C@H](C)OC[C@@H]2C(CN)N1C. The number of hydrogen-bond acceptors (Lipinski definition) is 3. The first-order valence-electron chi connectivity index (χ1n) is 5.20. The van der Waals surface area contributed by atoms with Crippen LogP contribution in [-0.4, -0.2) is 43.3 Å². The maximum absolute atomic E-state index is 5.79. The lowest BCUT2D eigenvalue weighted by Gasteiger charge is -2.26. The lowest BCUT2D eigenvalue weighted by Crippen LogP contribution is -2.40. The summed E-state index contributed by atoms with van der Waals surface area (Å²) in [5.74, 6) is 1.36. The monoisotopic (exact) mass is 184 g/mol. The zero-order chi connectivity index (χ0) is 9.59. The molecule has 13 heavy (non-hydrogen) atoms. The van der Waals surface area contributed by atoms with Crippen molar-refractivity contribution in [3.8, 4) is 0 Å². The topological polar surface area (TPSA) is 38.5 Å². The average molecular weight is 184 g/mol. The Morgan fingerprint density at radius 1 is 1.46 bits per heavy atom. The number of ether oxygens (including phenoxy) is 1. The van der Waals surface area contributed by atoms with Gasteiger partial charge < -0.3 is 10.5 Å². The Hall–Kier alpha value is -0.120. The summed E-state index contributed by atoms with van der Waals surface area (Å²) < 4.78 is 5.69. The molecule has 0 aliphatic carbocycles. The van der Waals surface area contributed by atoms with Gasteiger partial charge in [-0.2, -0.15) is 0 Å². The molecule has 0 radical (unpaired) electrons. The van der Waals surface area contributed by atoms with Gasteiger partial charge in [-0.15, -0.1) is 0 Å². The number of likely N-dealkylation sites (tertiary alicyclic amines) is 1. The second kappa shape index (κ2) is 3.23. The molecule has 0 spiro atoms. The molecule has 2 aliphatic rings. The van der Waals surface area contributed by atoms with Crippen LogP contribution in [0.4, 0.5) is 0 Å². The van der Waals surface area contributed by atoms with Gasteiger partial charge in [0.1, 0.15) is 0 Å². The second-order valence-electron chi connectivity index (χ2n) is 4.49. The first-order chi connectivity index (χ1) is 6.16. The smallest absolute Gasteiger partial charge is 0.0594 e. The van der Waals surface area contributed by atoms with Gasteiger partial charge in [0.05, 0.1) is 12.7 Å². The molecule has 2 N–H and O–H groups in total. The Morgan fingerprint density at radius 2 is 2.15 bits per heavy atom. The third kappa shape index (κ3) is 1.22. The lowest BCUT2D eigenvalue weighted by atomic mass is 9.87. The number of likely N-dealkylation sites (N-methyl/N-ethyl adjacent to an activating group) is 1. The van der Waals surface area contributed by atoms with Crippen molar-refractivity contribution in [1.82, 2.24) is 4.90 Å². The van der Waals surface area contributed by atoms with Gasteiger partial charge in [-0.3, -0.25) is 4.90 Å². The summed E-state index contributed by atoms with van der Waals surface area (Å²) in [6.45, 7) is 6.15. The Balaban J connectivity index is 2.19. The standard InChI is InChI=1S/C10H20N2O/c1-6-10-7(2)13-5-8(10)9(4-11)12(6)3/h6-10H,4-5,11H2,1-3H3/t6?,7-,8+,9?,10+/m0/s1. The molecule has 0 aromatic carbocycles. The minimum atomic E-state index is 0.416. The van der Waals surface area contributed by atoms with Gasteiger partial charge in [-0.1, -0.05) is 0 Å². The van der Waals surface area contributed by atoms with Gasteiger partial charge in [-0.05, 0) is 20.9 Å². The van der Waals surface area contributed by atoms with Crippen molar-refractivity contribution in [3.63, 3.8) is 0 Å². The lowest BCUT2D eigenvalue weighted by molar-refractivity contribution is 0.0685. The molecule has 2 heterocycles. The van der Waals surface area contributed by atoms with Crippen LogP contribution in [0.25, 0.3) is 0 Å². The molecule has 0 aromatic rings. The first kappa shape index (κ1) is 9.44. The van der Waals surface area contributed by atoms with E-state index in [4.69, 9.17) is 10.5 Å². The Morgan fingerprint density at radius 3 is 2.77 bits per heavy atom. The minimum absolute atomic E-state index is 0.416. The van der Waals surface area contributed by atoms with E-state index in [1.807, 2.05) is 0 Å². The van der Waals surface area contributed by atoms with E-state index < -0.39 is 0 Å². The summed E-state index contributed by atoms with van der Waals surface area (Å²) in [5, 5.41) is 0. The molecule has 5 atom stereocenters. The molecule has 2 aliphatic heterocycles. The van der Waals surface area contributed by atoms with E-state index in [9.17, 15) is 0 Å². The minimum Gasteiger partial charge on any atom is -0.378 e. The van der Waals surface area contributed by atoms with Crippen LogP contribution >= 0.6 is 0 Å². The van der Waals surface area contributed by atoms with E-state index in [1.54, 1.807) is 0 Å². The normalized spacial score (nSPS) is 51.2. The van der Waals surface area contributed by atoms with E-state index in [-0.39, 0.29) is 0 Å². The Bertz CT molecular complexity index is 197. The molecule has 3 heteroatoms. The fraction of sp³-hybridized carbons (Fsp3) is 1.00. The molecule has 2 fully saturated rings. The third-order valence-corrected chi connectivity index (χ3v) is 4.05. The molecule has 76 valence electrons. The first-order valence-corrected chi connectivity index (χ1v) is 5.20. The highest BCUT2D eigenvalue weighted by Crippen LogP contribution is 2.41. The second-order valence-corrected chi connectivity index (χ2v) is 4.49. The van der Waals surface area contributed by atoms with Gasteiger partial charge in [0.25, 0.3) is 0 Å². The molecular weight excluding hydrogens is 164 g/mol. The number of rotatable bonds is 1. The number of fused-ring (bicyclic) bond motifs is 1. The van der Waals surface area contributed by atoms with Crippen molar-refractivity contribution in [2.24, 2.45) is 17.6 Å². The van der Waals surface area contributed by atoms with Crippen LogP contribution in [-0.2, 0) is 4.74 Å². The zero-order valence-electron chi connectivity index (χ0n) is 8.73. The summed E-state index contributed by atoms with van der Waals surface area (Å²) >= 11 is 0. The molecular formula is C10H20N2O. The quantitative estimate of drug-likeness (QED) is 0.637. The van der Waals surface area contributed by atoms with Crippen LogP contribution in [0, 0.1) is 11.8 Å². The van der Waals surface area contributed by atoms with Crippen molar-refractivity contribution in [2.45, 2.75) is 32.0 Å². The van der Waals surface area contributed by atoms with Gasteiger partial charge in [0.2, 0.25) is 0 Å². The summed E-state index contributed by atoms with van der Waals surface area (Å²) in [7, 11) is 2.19. The number of hydrogen-bond donors (Lipinski definition) is 1. The fourth-order valence-electron chi connectivity index (χ4n) is 3.17. The number of nitrogens with zero attached hydrogens (tertiary/aromatic N) is 1. The highest BCUT2D eigenvalue weighted by molar-refractivity contribution is 5.02. The van der Waals surface area contributed by atoms with Gasteiger partial charge >= 0.3 is 0 Å². The molecule has 2 unspecified atom stereocenters. The highest BCUT2D eigenvalue weighted by Gasteiger charge is 2.50. The van der Waals surface area contributed by atoms with E-state index in [0.717, 1.165) is 13.2 Å². The van der Waals surface area contributed by atoms with Gasteiger partial charge in [0, 0.05) is 30.5 Å². The van der Waals surface area contributed by atoms with Crippen molar-refractivity contribution in [2.75, 3.05) is 20.2 Å². The largest absolute Gasteiger partial charge is 0.378 e. The van der Waals surface area contributed by atoms with Crippen molar-refractivity contribution in [3.05, 3.63) is 0 Å². The fourth-order valence-corrected chi connectivity index (χ4v) is 3.17. The summed E-state index contributed by atoms with van der Waals surface area (Å²) in [4.78, 5) is 2.42. The molecule has 0 aromatic heterocycles. The van der Waals surface area contributed by atoms with Crippen molar-refractivity contribution in [1.29, 1.82) is 0 Å². The van der Waals surface area contributed by atoms with Gasteiger partial charge in [-0.25, -0.2) is 0 Å². The number of nitrogens with two attached hydrogens (primary N) is 1. The van der Waals surface area contributed by atoms with Crippen LogP contribution in [0.15, 0.2) is 0 Å². The maximum Gasteiger partial charge on any atom is 0.0594 e. The van der Waals surface area contributed by atoms with E-state index in [2.05, 4.69) is 25.8 Å². The molecule has 0 bridgehead atoms. The van der Waals surface area contributed by atoms with Crippen LogP contribution in [0.1, 0.15) is 13.8 Å². The molecule has 2 saturated heterocycles. The third-order valence-electron chi connectivity index (χ3n) is 4.05. The van der Waals surface area contributed by atoms with Crippen LogP contribution in [0.5, 0.6) is 0 Å². The summed E-state index contributed by atoms with van der Waals surface area (Å²) in [6.07, 6.45) is 0.416. The summed E-state index contributed by atoms with van der Waals surface area (Å²) in [5.41, 5.74) is 5.79. The van der Waals surface area contributed by atoms with E-state index >= 15 is 0 Å². The van der Waals surface area contributed by atoms with E-state index in [0.29, 0.717) is 30.0 Å². The van der Waals surface area contributed by atoms with Crippen LogP contribution in [0.3, 0.4) is 0 Å². The molecule has 3 nitrogen and oxygen atoms in total. The van der Waals surface area contributed by atoms with Gasteiger partial charge in [0.15, 0.2) is 0 Å². The average Bonchev–Trinajstić information content (AvgIpc) is 2.57. The predicted octanol–water partition coefficient (Wildman–Crippen LogP) is 0.299. The summed E-state index contributed by atoms with van der Waals surface area (Å²) in [6, 6.07) is 1.15. The molecule has 2 rings (SSSR count). The van der Waals surface area contributed by atoms with Crippen LogP contribution in [0.2, 0.25) is 0 Å².